The molecule has 0 amide bonds. The van der Waals surface area contributed by atoms with Crippen LogP contribution in [0, 0.1) is 11.6 Å². The SMILES string of the molecule is O=C(O)CCn1c(=O)n(Cc2ccc(Br)cc2)c(=O)c2cc(F)c(F)cc21. The topological polar surface area (TPSA) is 81.3 Å². The summed E-state index contributed by atoms with van der Waals surface area (Å²) in [7, 11) is 0. The number of hydrogen-bond acceptors (Lipinski definition) is 3. The molecule has 1 heterocycles. The van der Waals surface area contributed by atoms with E-state index in [9.17, 15) is 23.2 Å². The van der Waals surface area contributed by atoms with Gasteiger partial charge >= 0.3 is 11.7 Å². The second-order valence-electron chi connectivity index (χ2n) is 5.88. The van der Waals surface area contributed by atoms with Gasteiger partial charge in [-0.15, -0.1) is 0 Å². The van der Waals surface area contributed by atoms with Crippen molar-refractivity contribution in [1.82, 2.24) is 9.13 Å². The third kappa shape index (κ3) is 3.82. The van der Waals surface area contributed by atoms with Gasteiger partial charge < -0.3 is 5.11 Å². The van der Waals surface area contributed by atoms with Gasteiger partial charge in [0.2, 0.25) is 0 Å². The molecule has 0 aliphatic carbocycles. The molecule has 6 nitrogen and oxygen atoms in total. The van der Waals surface area contributed by atoms with Gasteiger partial charge in [-0.3, -0.25) is 18.7 Å². The molecule has 0 saturated carbocycles. The smallest absolute Gasteiger partial charge is 0.331 e. The lowest BCUT2D eigenvalue weighted by molar-refractivity contribution is -0.137. The molecule has 0 saturated heterocycles. The predicted octanol–water partition coefficient (Wildman–Crippen LogP) is 2.73. The molecule has 1 N–H and O–H groups in total. The van der Waals surface area contributed by atoms with Gasteiger partial charge in [0.25, 0.3) is 5.56 Å². The van der Waals surface area contributed by atoms with Crippen molar-refractivity contribution in [3.63, 3.8) is 0 Å². The van der Waals surface area contributed by atoms with Crippen LogP contribution in [0.25, 0.3) is 10.9 Å². The maximum Gasteiger partial charge on any atom is 0.331 e. The Labute approximate surface area is 159 Å². The molecule has 0 aliphatic heterocycles. The summed E-state index contributed by atoms with van der Waals surface area (Å²) in [6.45, 7) is -0.372. The molecule has 0 bridgehead atoms. The van der Waals surface area contributed by atoms with Crippen LogP contribution in [0.3, 0.4) is 0 Å². The first kappa shape index (κ1) is 19.0. The highest BCUT2D eigenvalue weighted by atomic mass is 79.9. The van der Waals surface area contributed by atoms with Gasteiger partial charge in [-0.05, 0) is 23.8 Å². The van der Waals surface area contributed by atoms with Crippen LogP contribution in [0.2, 0.25) is 0 Å². The number of nitrogens with zero attached hydrogens (tertiary/aromatic N) is 2. The first-order chi connectivity index (χ1) is 12.8. The van der Waals surface area contributed by atoms with Crippen molar-refractivity contribution in [2.24, 2.45) is 0 Å². The third-order valence-corrected chi connectivity index (χ3v) is 4.60. The average Bonchev–Trinajstić information content (AvgIpc) is 2.62. The number of aliphatic carboxylic acids is 1. The van der Waals surface area contributed by atoms with Crippen LogP contribution in [0.4, 0.5) is 8.78 Å². The van der Waals surface area contributed by atoms with E-state index in [1.165, 1.54) is 0 Å². The number of fused-ring (bicyclic) bond motifs is 1. The van der Waals surface area contributed by atoms with Crippen LogP contribution >= 0.6 is 15.9 Å². The second-order valence-corrected chi connectivity index (χ2v) is 6.79. The van der Waals surface area contributed by atoms with Crippen molar-refractivity contribution in [2.45, 2.75) is 19.5 Å². The van der Waals surface area contributed by atoms with Crippen molar-refractivity contribution in [2.75, 3.05) is 0 Å². The van der Waals surface area contributed by atoms with E-state index in [1.54, 1.807) is 24.3 Å². The zero-order valence-corrected chi connectivity index (χ0v) is 15.4. The minimum Gasteiger partial charge on any atom is -0.481 e. The first-order valence-electron chi connectivity index (χ1n) is 7.86. The van der Waals surface area contributed by atoms with Crippen LogP contribution < -0.4 is 11.2 Å². The van der Waals surface area contributed by atoms with E-state index in [4.69, 9.17) is 5.11 Å². The number of aryl methyl sites for hydroxylation is 1. The summed E-state index contributed by atoms with van der Waals surface area (Å²) < 4.78 is 30.0. The lowest BCUT2D eigenvalue weighted by Crippen LogP contribution is -2.40. The molecule has 140 valence electrons. The van der Waals surface area contributed by atoms with E-state index in [1.807, 2.05) is 0 Å². The van der Waals surface area contributed by atoms with Crippen molar-refractivity contribution in [1.29, 1.82) is 0 Å². The highest BCUT2D eigenvalue weighted by Gasteiger charge is 2.17. The fourth-order valence-corrected chi connectivity index (χ4v) is 3.01. The van der Waals surface area contributed by atoms with Crippen molar-refractivity contribution in [3.8, 4) is 0 Å². The molecule has 0 radical (unpaired) electrons. The standard InChI is InChI=1S/C18H13BrF2N2O4/c19-11-3-1-10(2-4-11)9-23-17(26)12-7-13(20)14(21)8-15(12)22(18(23)27)6-5-16(24)25/h1-4,7-8H,5-6,9H2,(H,24,25). The summed E-state index contributed by atoms with van der Waals surface area (Å²) in [4.78, 5) is 36.4. The van der Waals surface area contributed by atoms with Crippen LogP contribution in [-0.2, 0) is 17.9 Å². The van der Waals surface area contributed by atoms with Gasteiger partial charge in [0.05, 0.1) is 23.9 Å². The normalized spacial score (nSPS) is 11.1. The van der Waals surface area contributed by atoms with Crippen LogP contribution in [-0.4, -0.2) is 20.2 Å². The Hall–Kier alpha value is -2.81. The molecule has 0 atom stereocenters. The van der Waals surface area contributed by atoms with Crippen molar-refractivity contribution in [3.05, 3.63) is 78.9 Å². The summed E-state index contributed by atoms with van der Waals surface area (Å²) in [5.74, 6) is -3.61. The second kappa shape index (κ2) is 7.43. The summed E-state index contributed by atoms with van der Waals surface area (Å²) >= 11 is 3.29. The summed E-state index contributed by atoms with van der Waals surface area (Å²) in [6, 6.07) is 8.33. The number of carboxylic acids is 1. The van der Waals surface area contributed by atoms with E-state index in [0.717, 1.165) is 25.7 Å². The molecule has 3 rings (SSSR count). The van der Waals surface area contributed by atoms with E-state index >= 15 is 0 Å². The van der Waals surface area contributed by atoms with Crippen molar-refractivity contribution >= 4 is 32.8 Å². The number of carboxylic acid groups (broad SMARTS) is 1. The fourth-order valence-electron chi connectivity index (χ4n) is 2.75. The number of hydrogen-bond donors (Lipinski definition) is 1. The minimum absolute atomic E-state index is 0.0903. The highest BCUT2D eigenvalue weighted by molar-refractivity contribution is 9.10. The van der Waals surface area contributed by atoms with Gasteiger partial charge in [-0.1, -0.05) is 28.1 Å². The molecule has 0 spiro atoms. The predicted molar refractivity (Wildman–Crippen MR) is 97.9 cm³/mol. The van der Waals surface area contributed by atoms with E-state index in [-0.39, 0.29) is 24.0 Å². The molecule has 0 fully saturated rings. The molecule has 0 unspecified atom stereocenters. The Morgan fingerprint density at radius 2 is 1.67 bits per heavy atom. The Bertz CT molecular complexity index is 1150. The highest BCUT2D eigenvalue weighted by Crippen LogP contribution is 2.16. The molecule has 1 aromatic heterocycles. The van der Waals surface area contributed by atoms with Gasteiger partial charge in [0.1, 0.15) is 0 Å². The molecule has 2 aromatic carbocycles. The largest absolute Gasteiger partial charge is 0.481 e. The number of halogens is 3. The number of aromatic nitrogens is 2. The molecule has 27 heavy (non-hydrogen) atoms. The van der Waals surface area contributed by atoms with Gasteiger partial charge in [-0.25, -0.2) is 13.6 Å². The Balaban J connectivity index is 2.25. The molecular weight excluding hydrogens is 426 g/mol. The minimum atomic E-state index is -1.23. The van der Waals surface area contributed by atoms with Crippen LogP contribution in [0.1, 0.15) is 12.0 Å². The van der Waals surface area contributed by atoms with Crippen LogP contribution in [0.5, 0.6) is 0 Å². The maximum absolute atomic E-state index is 13.7. The Kier molecular flexibility index (Phi) is 5.22. The van der Waals surface area contributed by atoms with Gasteiger partial charge in [0, 0.05) is 17.1 Å². The van der Waals surface area contributed by atoms with Crippen LogP contribution in [0.15, 0.2) is 50.5 Å². The molecule has 9 heteroatoms. The van der Waals surface area contributed by atoms with Gasteiger partial charge in [0.15, 0.2) is 11.6 Å². The fraction of sp³-hybridized carbons (Fsp3) is 0.167. The third-order valence-electron chi connectivity index (χ3n) is 4.07. The lowest BCUT2D eigenvalue weighted by Gasteiger charge is -2.14. The number of rotatable bonds is 5. The average molecular weight is 439 g/mol. The lowest BCUT2D eigenvalue weighted by atomic mass is 10.2. The maximum atomic E-state index is 13.7. The molecule has 3 aromatic rings. The zero-order chi connectivity index (χ0) is 19.7. The summed E-state index contributed by atoms with van der Waals surface area (Å²) in [6.07, 6.45) is -0.412. The summed E-state index contributed by atoms with van der Waals surface area (Å²) in [5, 5.41) is 8.70. The van der Waals surface area contributed by atoms with E-state index in [0.29, 0.717) is 5.56 Å². The van der Waals surface area contributed by atoms with Crippen molar-refractivity contribution < 1.29 is 18.7 Å². The monoisotopic (exact) mass is 438 g/mol. The number of carbonyl (C=O) groups is 1. The number of benzene rings is 2. The summed E-state index contributed by atoms with van der Waals surface area (Å²) in [5.41, 5.74) is -1.06. The zero-order valence-electron chi connectivity index (χ0n) is 13.8. The Morgan fingerprint density at radius 3 is 2.30 bits per heavy atom. The van der Waals surface area contributed by atoms with E-state index in [2.05, 4.69) is 15.9 Å². The van der Waals surface area contributed by atoms with E-state index < -0.39 is 35.3 Å². The quantitative estimate of drug-likeness (QED) is 0.663. The van der Waals surface area contributed by atoms with Gasteiger partial charge in [-0.2, -0.15) is 0 Å². The first-order valence-corrected chi connectivity index (χ1v) is 8.66. The Morgan fingerprint density at radius 1 is 1.04 bits per heavy atom. The molecular formula is C18H13BrF2N2O4. The molecule has 0 aliphatic rings.